The van der Waals surface area contributed by atoms with Crippen LogP contribution < -0.4 is 0 Å². The molecule has 0 spiro atoms. The average Bonchev–Trinajstić information content (AvgIpc) is 3.72. The smallest absolute Gasteiger partial charge is 0.164 e. The first-order valence-corrected chi connectivity index (χ1v) is 21.3. The van der Waals surface area contributed by atoms with Gasteiger partial charge in [-0.15, -0.1) is 0 Å². The molecule has 1 atom stereocenters. The summed E-state index contributed by atoms with van der Waals surface area (Å²) in [4.78, 5) is 15.8. The first-order chi connectivity index (χ1) is 30.6. The van der Waals surface area contributed by atoms with Gasteiger partial charge in [-0.1, -0.05) is 171 Å². The summed E-state index contributed by atoms with van der Waals surface area (Å²) in [5, 5.41) is 6.85. The van der Waals surface area contributed by atoms with E-state index < -0.39 is 0 Å². The number of hydrogen-bond acceptors (Lipinski definition) is 4. The molecule has 0 fully saturated rings. The van der Waals surface area contributed by atoms with E-state index >= 15 is 0 Å². The predicted molar refractivity (Wildman–Crippen MR) is 257 cm³/mol. The minimum atomic E-state index is 0.450. The van der Waals surface area contributed by atoms with Gasteiger partial charge in [0.1, 0.15) is 11.2 Å². The highest BCUT2D eigenvalue weighted by Crippen LogP contribution is 2.43. The van der Waals surface area contributed by atoms with Gasteiger partial charge in [0.15, 0.2) is 17.5 Å². The van der Waals surface area contributed by atoms with Crippen molar-refractivity contribution in [2.45, 2.75) is 13.3 Å². The second-order valence-electron chi connectivity index (χ2n) is 16.4. The quantitative estimate of drug-likeness (QED) is 0.168. The fourth-order valence-electron chi connectivity index (χ4n) is 9.49. The zero-order valence-corrected chi connectivity index (χ0v) is 34.1. The van der Waals surface area contributed by atoms with E-state index in [1.807, 2.05) is 18.2 Å². The van der Waals surface area contributed by atoms with Gasteiger partial charge in [0, 0.05) is 27.5 Å². The summed E-state index contributed by atoms with van der Waals surface area (Å²) in [7, 11) is 0. The van der Waals surface area contributed by atoms with Crippen molar-refractivity contribution < 1.29 is 4.42 Å². The topological polar surface area (TPSA) is 51.8 Å². The molecule has 62 heavy (non-hydrogen) atoms. The molecule has 0 saturated carbocycles. The van der Waals surface area contributed by atoms with Crippen LogP contribution in [0.25, 0.3) is 117 Å². The molecule has 0 N–H and O–H groups in total. The Morgan fingerprint density at radius 3 is 1.84 bits per heavy atom. The molecule has 4 nitrogen and oxygen atoms in total. The zero-order chi connectivity index (χ0) is 41.1. The Kier molecular flexibility index (Phi) is 8.49. The lowest BCUT2D eigenvalue weighted by Gasteiger charge is -2.21. The third-order valence-corrected chi connectivity index (χ3v) is 12.5. The molecule has 0 bridgehead atoms. The van der Waals surface area contributed by atoms with Crippen LogP contribution in [-0.4, -0.2) is 15.0 Å². The number of benzene rings is 9. The Labute approximate surface area is 359 Å². The molecule has 12 rings (SSSR count). The molecule has 0 amide bonds. The molecule has 1 aliphatic carbocycles. The third kappa shape index (κ3) is 6.11. The van der Waals surface area contributed by atoms with E-state index in [0.29, 0.717) is 23.4 Å². The number of allylic oxidation sites excluding steroid dienone is 1. The lowest BCUT2D eigenvalue weighted by Crippen LogP contribution is -2.07. The maximum atomic E-state index is 6.65. The van der Waals surface area contributed by atoms with Crippen molar-refractivity contribution in [3.63, 3.8) is 0 Å². The van der Waals surface area contributed by atoms with Crippen molar-refractivity contribution >= 4 is 49.6 Å². The standard InChI is InChI=1S/C58H39N3O/c1-36-26-28-47-51(32-36)43-21-9-8-18-42(43)34-52(47)58-60-56(38-16-6-3-7-17-38)59-57(61-58)49-31-30-46(44-22-10-11-23-45(44)49)48-24-13-25-53-55(48)50-29-27-41(35-54(50)62-53)40-20-12-19-39(33-40)37-14-4-2-5-15-37/h2-31,33-36H,32H2,1H3. The Bertz CT molecular complexity index is 3570. The summed E-state index contributed by atoms with van der Waals surface area (Å²) in [6.07, 6.45) is 5.55. The number of furan rings is 1. The molecule has 11 aromatic rings. The van der Waals surface area contributed by atoms with Crippen LogP contribution in [0.1, 0.15) is 18.1 Å². The van der Waals surface area contributed by atoms with Crippen molar-refractivity contribution in [1.29, 1.82) is 0 Å². The van der Waals surface area contributed by atoms with Crippen LogP contribution in [0.3, 0.4) is 0 Å². The number of hydrogen-bond donors (Lipinski definition) is 0. The molecule has 2 heterocycles. The minimum Gasteiger partial charge on any atom is -0.456 e. The fraction of sp³-hybridized carbons (Fsp3) is 0.0517. The third-order valence-electron chi connectivity index (χ3n) is 12.5. The first-order valence-electron chi connectivity index (χ1n) is 21.3. The van der Waals surface area contributed by atoms with E-state index in [4.69, 9.17) is 19.4 Å². The summed E-state index contributed by atoms with van der Waals surface area (Å²) in [6.45, 7) is 2.28. The van der Waals surface area contributed by atoms with Crippen LogP contribution in [0.5, 0.6) is 0 Å². The van der Waals surface area contributed by atoms with Crippen molar-refractivity contribution in [3.05, 3.63) is 205 Å². The summed E-state index contributed by atoms with van der Waals surface area (Å²) in [5.41, 5.74) is 14.1. The van der Waals surface area contributed by atoms with E-state index in [2.05, 4.69) is 189 Å². The van der Waals surface area contributed by atoms with Crippen molar-refractivity contribution in [3.8, 4) is 67.5 Å². The van der Waals surface area contributed by atoms with Gasteiger partial charge >= 0.3 is 0 Å². The minimum absolute atomic E-state index is 0.450. The highest BCUT2D eigenvalue weighted by atomic mass is 16.3. The zero-order valence-electron chi connectivity index (χ0n) is 34.1. The molecular weight excluding hydrogens is 755 g/mol. The van der Waals surface area contributed by atoms with Gasteiger partial charge in [-0.25, -0.2) is 15.0 Å². The van der Waals surface area contributed by atoms with E-state index in [-0.39, 0.29) is 0 Å². The van der Waals surface area contributed by atoms with Crippen LogP contribution in [0.4, 0.5) is 0 Å². The maximum absolute atomic E-state index is 6.65. The normalized spacial score (nSPS) is 13.6. The van der Waals surface area contributed by atoms with Gasteiger partial charge in [-0.2, -0.15) is 0 Å². The van der Waals surface area contributed by atoms with Crippen LogP contribution >= 0.6 is 0 Å². The Morgan fingerprint density at radius 1 is 0.419 bits per heavy atom. The van der Waals surface area contributed by atoms with Gasteiger partial charge in [0.2, 0.25) is 0 Å². The van der Waals surface area contributed by atoms with Gasteiger partial charge in [0.25, 0.3) is 0 Å². The molecular formula is C58H39N3O. The summed E-state index contributed by atoms with van der Waals surface area (Å²) in [6, 6.07) is 66.4. The number of nitrogens with zero attached hydrogens (tertiary/aromatic N) is 3. The number of aromatic nitrogens is 3. The van der Waals surface area contributed by atoms with Crippen LogP contribution in [0.15, 0.2) is 199 Å². The fourth-order valence-corrected chi connectivity index (χ4v) is 9.49. The molecule has 1 aliphatic rings. The second-order valence-corrected chi connectivity index (χ2v) is 16.4. The van der Waals surface area contributed by atoms with Crippen molar-refractivity contribution in [1.82, 2.24) is 15.0 Å². The SMILES string of the molecule is CC1C=Cc2c(-c3nc(-c4ccccc4)nc(-c4ccc(-c5cccc6oc7cc(-c8cccc(-c9ccccc9)c8)ccc7c56)c5ccccc45)n3)cc3ccccc3c2C1. The predicted octanol–water partition coefficient (Wildman–Crippen LogP) is 15.3. The Morgan fingerprint density at radius 2 is 1.03 bits per heavy atom. The van der Waals surface area contributed by atoms with Gasteiger partial charge in [-0.05, 0) is 115 Å². The van der Waals surface area contributed by atoms with Crippen LogP contribution in [-0.2, 0) is 6.42 Å². The van der Waals surface area contributed by atoms with E-state index in [0.717, 1.165) is 78.1 Å². The molecule has 0 radical (unpaired) electrons. The first kappa shape index (κ1) is 35.9. The summed E-state index contributed by atoms with van der Waals surface area (Å²) in [5.74, 6) is 2.41. The van der Waals surface area contributed by atoms with Crippen LogP contribution in [0, 0.1) is 5.92 Å². The monoisotopic (exact) mass is 793 g/mol. The van der Waals surface area contributed by atoms with Crippen molar-refractivity contribution in [2.24, 2.45) is 5.92 Å². The van der Waals surface area contributed by atoms with Gasteiger partial charge in [0.05, 0.1) is 0 Å². The van der Waals surface area contributed by atoms with E-state index in [9.17, 15) is 0 Å². The van der Waals surface area contributed by atoms with E-state index in [1.54, 1.807) is 0 Å². The number of rotatable bonds is 6. The van der Waals surface area contributed by atoms with Gasteiger partial charge in [-0.3, -0.25) is 0 Å². The Balaban J connectivity index is 1.01. The van der Waals surface area contributed by atoms with Gasteiger partial charge < -0.3 is 4.42 Å². The maximum Gasteiger partial charge on any atom is 0.164 e. The van der Waals surface area contributed by atoms with Crippen molar-refractivity contribution in [2.75, 3.05) is 0 Å². The average molecular weight is 794 g/mol. The molecule has 0 aliphatic heterocycles. The highest BCUT2D eigenvalue weighted by Gasteiger charge is 2.23. The lowest BCUT2D eigenvalue weighted by molar-refractivity contribution is 0.669. The summed E-state index contributed by atoms with van der Waals surface area (Å²) >= 11 is 0. The summed E-state index contributed by atoms with van der Waals surface area (Å²) < 4.78 is 6.65. The molecule has 2 aromatic heterocycles. The number of fused-ring (bicyclic) bond motifs is 7. The second kappa shape index (κ2) is 14.6. The lowest BCUT2D eigenvalue weighted by atomic mass is 9.84. The molecule has 292 valence electrons. The molecule has 1 unspecified atom stereocenters. The van der Waals surface area contributed by atoms with Crippen LogP contribution in [0.2, 0.25) is 0 Å². The highest BCUT2D eigenvalue weighted by molar-refractivity contribution is 6.17. The largest absolute Gasteiger partial charge is 0.456 e. The molecule has 9 aromatic carbocycles. The molecule has 0 saturated heterocycles. The molecule has 4 heteroatoms. The Hall–Kier alpha value is -7.95. The van der Waals surface area contributed by atoms with E-state index in [1.165, 1.54) is 33.0 Å².